The van der Waals surface area contributed by atoms with Crippen molar-refractivity contribution in [1.82, 2.24) is 10.2 Å². The van der Waals surface area contributed by atoms with Gasteiger partial charge in [-0.15, -0.1) is 11.3 Å². The van der Waals surface area contributed by atoms with E-state index in [1.54, 1.807) is 11.3 Å². The van der Waals surface area contributed by atoms with Crippen LogP contribution in [0.4, 0.5) is 0 Å². The van der Waals surface area contributed by atoms with Gasteiger partial charge >= 0.3 is 0 Å². The molecule has 0 aliphatic carbocycles. The number of nitrogens with one attached hydrogen (secondary N) is 1. The fourth-order valence-corrected chi connectivity index (χ4v) is 3.58. The van der Waals surface area contributed by atoms with E-state index in [2.05, 4.69) is 41.2 Å². The van der Waals surface area contributed by atoms with Gasteiger partial charge in [0.25, 0.3) is 0 Å². The molecule has 1 unspecified atom stereocenters. The van der Waals surface area contributed by atoms with Gasteiger partial charge in [0.15, 0.2) is 0 Å². The third-order valence-electron chi connectivity index (χ3n) is 2.81. The van der Waals surface area contributed by atoms with Gasteiger partial charge in [0.2, 0.25) is 5.91 Å². The molecule has 0 radical (unpaired) electrons. The Hall–Kier alpha value is -0.390. The number of rotatable bonds is 4. The predicted molar refractivity (Wildman–Crippen MR) is 74.1 cm³/mol. The standard InChI is InChI=1S/C12H17BrN2OS/c1-8(2)14-10-5-6-15(12(10)16)7-9-3-4-11(13)17-9/h3-4,8,10,14H,5-7H2,1-2H3. The van der Waals surface area contributed by atoms with Gasteiger partial charge in [-0.2, -0.15) is 0 Å². The van der Waals surface area contributed by atoms with E-state index in [0.717, 1.165) is 23.3 Å². The molecule has 94 valence electrons. The lowest BCUT2D eigenvalue weighted by Gasteiger charge is -2.17. The SMILES string of the molecule is CC(C)NC1CCN(Cc2ccc(Br)s2)C1=O. The van der Waals surface area contributed by atoms with Gasteiger partial charge in [-0.3, -0.25) is 4.79 Å². The maximum absolute atomic E-state index is 12.1. The van der Waals surface area contributed by atoms with E-state index in [1.165, 1.54) is 4.88 Å². The molecule has 2 heterocycles. The molecule has 0 spiro atoms. The summed E-state index contributed by atoms with van der Waals surface area (Å²) in [6.07, 6.45) is 0.920. The average Bonchev–Trinajstić information content (AvgIpc) is 2.79. The molecule has 0 bridgehead atoms. The molecule has 17 heavy (non-hydrogen) atoms. The van der Waals surface area contributed by atoms with Crippen molar-refractivity contribution in [3.63, 3.8) is 0 Å². The molecular weight excluding hydrogens is 300 g/mol. The molecule has 0 aromatic carbocycles. The third-order valence-corrected chi connectivity index (χ3v) is 4.42. The molecule has 5 heteroatoms. The smallest absolute Gasteiger partial charge is 0.240 e. The normalized spacial score (nSPS) is 20.6. The zero-order valence-electron chi connectivity index (χ0n) is 10.1. The number of halogens is 1. The van der Waals surface area contributed by atoms with E-state index >= 15 is 0 Å². The second-order valence-electron chi connectivity index (χ2n) is 4.63. The molecule has 2 rings (SSSR count). The number of thiophene rings is 1. The molecule has 1 N–H and O–H groups in total. The number of hydrogen-bond donors (Lipinski definition) is 1. The van der Waals surface area contributed by atoms with E-state index in [4.69, 9.17) is 0 Å². The van der Waals surface area contributed by atoms with Gasteiger partial charge in [0.1, 0.15) is 0 Å². The summed E-state index contributed by atoms with van der Waals surface area (Å²) in [5, 5.41) is 3.32. The highest BCUT2D eigenvalue weighted by Gasteiger charge is 2.31. The molecule has 1 fully saturated rings. The Morgan fingerprint density at radius 2 is 2.35 bits per heavy atom. The van der Waals surface area contributed by atoms with E-state index in [1.807, 2.05) is 11.0 Å². The number of carbonyl (C=O) groups excluding carboxylic acids is 1. The Bertz CT molecular complexity index is 405. The van der Waals surface area contributed by atoms with Gasteiger partial charge in [-0.05, 0) is 34.5 Å². The van der Waals surface area contributed by atoms with Crippen LogP contribution in [0.3, 0.4) is 0 Å². The van der Waals surface area contributed by atoms with Gasteiger partial charge in [-0.1, -0.05) is 13.8 Å². The maximum Gasteiger partial charge on any atom is 0.240 e. The lowest BCUT2D eigenvalue weighted by molar-refractivity contribution is -0.130. The Labute approximate surface area is 114 Å². The predicted octanol–water partition coefficient (Wildman–Crippen LogP) is 2.61. The van der Waals surface area contributed by atoms with Crippen LogP contribution in [-0.4, -0.2) is 29.4 Å². The first-order chi connectivity index (χ1) is 8.06. The summed E-state index contributed by atoms with van der Waals surface area (Å²) < 4.78 is 1.12. The van der Waals surface area contributed by atoms with Crippen LogP contribution in [-0.2, 0) is 11.3 Å². The van der Waals surface area contributed by atoms with Crippen molar-refractivity contribution < 1.29 is 4.79 Å². The molecule has 0 saturated carbocycles. The second-order valence-corrected chi connectivity index (χ2v) is 7.18. The number of likely N-dealkylation sites (tertiary alicyclic amines) is 1. The zero-order valence-corrected chi connectivity index (χ0v) is 12.5. The molecule has 1 atom stereocenters. The summed E-state index contributed by atoms with van der Waals surface area (Å²) in [5.74, 6) is 0.239. The largest absolute Gasteiger partial charge is 0.336 e. The molecule has 3 nitrogen and oxygen atoms in total. The highest BCUT2D eigenvalue weighted by Crippen LogP contribution is 2.25. The van der Waals surface area contributed by atoms with Crippen molar-refractivity contribution >= 4 is 33.2 Å². The molecule has 1 aromatic rings. The Morgan fingerprint density at radius 1 is 1.59 bits per heavy atom. The number of hydrogen-bond acceptors (Lipinski definition) is 3. The Balaban J connectivity index is 1.93. The fraction of sp³-hybridized carbons (Fsp3) is 0.583. The van der Waals surface area contributed by atoms with Crippen LogP contribution < -0.4 is 5.32 Å². The average molecular weight is 317 g/mol. The molecule has 1 aromatic heterocycles. The molecular formula is C12H17BrN2OS. The van der Waals surface area contributed by atoms with Crippen LogP contribution in [0.1, 0.15) is 25.1 Å². The minimum Gasteiger partial charge on any atom is -0.336 e. The van der Waals surface area contributed by atoms with Crippen molar-refractivity contribution in [2.75, 3.05) is 6.54 Å². The highest BCUT2D eigenvalue weighted by atomic mass is 79.9. The van der Waals surface area contributed by atoms with Crippen LogP contribution in [0, 0.1) is 0 Å². The molecule has 1 amide bonds. The van der Waals surface area contributed by atoms with Gasteiger partial charge < -0.3 is 10.2 Å². The van der Waals surface area contributed by atoms with Crippen molar-refractivity contribution in [3.05, 3.63) is 20.8 Å². The van der Waals surface area contributed by atoms with Crippen molar-refractivity contribution in [2.24, 2.45) is 0 Å². The monoisotopic (exact) mass is 316 g/mol. The van der Waals surface area contributed by atoms with E-state index < -0.39 is 0 Å². The lowest BCUT2D eigenvalue weighted by atomic mass is 10.2. The van der Waals surface area contributed by atoms with Crippen molar-refractivity contribution in [2.45, 2.75) is 38.9 Å². The van der Waals surface area contributed by atoms with Crippen molar-refractivity contribution in [1.29, 1.82) is 0 Å². The van der Waals surface area contributed by atoms with E-state index in [-0.39, 0.29) is 11.9 Å². The first kappa shape index (κ1) is 13.1. The van der Waals surface area contributed by atoms with Crippen LogP contribution in [0.25, 0.3) is 0 Å². The maximum atomic E-state index is 12.1. The van der Waals surface area contributed by atoms with Crippen LogP contribution in [0.2, 0.25) is 0 Å². The Kier molecular flexibility index (Phi) is 4.22. The van der Waals surface area contributed by atoms with Crippen LogP contribution >= 0.6 is 27.3 Å². The Morgan fingerprint density at radius 3 is 2.94 bits per heavy atom. The topological polar surface area (TPSA) is 32.3 Å². The minimum absolute atomic E-state index is 0.0124. The number of nitrogens with zero attached hydrogens (tertiary/aromatic N) is 1. The molecule has 1 saturated heterocycles. The summed E-state index contributed by atoms with van der Waals surface area (Å²) in [6, 6.07) is 4.48. The van der Waals surface area contributed by atoms with Gasteiger partial charge in [-0.25, -0.2) is 0 Å². The van der Waals surface area contributed by atoms with Crippen molar-refractivity contribution in [3.8, 4) is 0 Å². The summed E-state index contributed by atoms with van der Waals surface area (Å²) in [7, 11) is 0. The van der Waals surface area contributed by atoms with Crippen LogP contribution in [0.15, 0.2) is 15.9 Å². The number of amides is 1. The lowest BCUT2D eigenvalue weighted by Crippen LogP contribution is -2.41. The molecule has 1 aliphatic rings. The van der Waals surface area contributed by atoms with Gasteiger partial charge in [0, 0.05) is 17.5 Å². The molecule has 1 aliphatic heterocycles. The first-order valence-corrected chi connectivity index (χ1v) is 7.46. The van der Waals surface area contributed by atoms with E-state index in [0.29, 0.717) is 6.04 Å². The summed E-state index contributed by atoms with van der Waals surface area (Å²) in [5.41, 5.74) is 0. The fourth-order valence-electron chi connectivity index (χ4n) is 2.08. The summed E-state index contributed by atoms with van der Waals surface area (Å²) in [4.78, 5) is 15.3. The quantitative estimate of drug-likeness (QED) is 0.926. The van der Waals surface area contributed by atoms with E-state index in [9.17, 15) is 4.79 Å². The zero-order chi connectivity index (χ0) is 12.4. The second kappa shape index (κ2) is 5.50. The number of carbonyl (C=O) groups is 1. The summed E-state index contributed by atoms with van der Waals surface area (Å²) >= 11 is 5.14. The first-order valence-electron chi connectivity index (χ1n) is 5.85. The van der Waals surface area contributed by atoms with Gasteiger partial charge in [0.05, 0.1) is 16.4 Å². The van der Waals surface area contributed by atoms with Crippen LogP contribution in [0.5, 0.6) is 0 Å². The minimum atomic E-state index is 0.0124. The summed E-state index contributed by atoms with van der Waals surface area (Å²) in [6.45, 7) is 5.75. The highest BCUT2D eigenvalue weighted by molar-refractivity contribution is 9.11. The third kappa shape index (κ3) is 3.30.